The number of aliphatic hydroxyl groups excluding tert-OH is 1. The molecule has 2 unspecified atom stereocenters. The van der Waals surface area contributed by atoms with Crippen LogP contribution in [0.1, 0.15) is 32.4 Å². The second-order valence-corrected chi connectivity index (χ2v) is 6.21. The van der Waals surface area contributed by atoms with E-state index >= 15 is 0 Å². The highest BCUT2D eigenvalue weighted by atomic mass is 16.3. The molecule has 5 nitrogen and oxygen atoms in total. The van der Waals surface area contributed by atoms with Crippen molar-refractivity contribution in [2.24, 2.45) is 5.41 Å². The van der Waals surface area contributed by atoms with Gasteiger partial charge < -0.3 is 10.8 Å². The second kappa shape index (κ2) is 5.63. The van der Waals surface area contributed by atoms with E-state index in [0.29, 0.717) is 6.42 Å². The van der Waals surface area contributed by atoms with Crippen molar-refractivity contribution < 1.29 is 5.11 Å². The highest BCUT2D eigenvalue weighted by molar-refractivity contribution is 5.39. The average molecular weight is 274 g/mol. The number of nitrogens with two attached hydrogens (primary N) is 1. The number of aliphatic hydroxyl groups is 1. The summed E-state index contributed by atoms with van der Waals surface area (Å²) in [6.45, 7) is 6.06. The topological polar surface area (TPSA) is 77.0 Å². The van der Waals surface area contributed by atoms with Gasteiger partial charge in [0.05, 0.1) is 18.3 Å². The molecular formula is C15H22N4O. The van der Waals surface area contributed by atoms with Crippen LogP contribution in [0.4, 0.5) is 5.69 Å². The molecule has 0 amide bonds. The van der Waals surface area contributed by atoms with E-state index < -0.39 is 6.10 Å². The molecule has 0 aliphatic heterocycles. The van der Waals surface area contributed by atoms with Gasteiger partial charge in [0.25, 0.3) is 0 Å². The fourth-order valence-electron chi connectivity index (χ4n) is 2.22. The molecule has 0 radical (unpaired) electrons. The summed E-state index contributed by atoms with van der Waals surface area (Å²) in [6.07, 6.45) is 3.58. The van der Waals surface area contributed by atoms with Crippen molar-refractivity contribution in [3.8, 4) is 0 Å². The van der Waals surface area contributed by atoms with Gasteiger partial charge in [-0.1, -0.05) is 38.1 Å². The summed E-state index contributed by atoms with van der Waals surface area (Å²) >= 11 is 0. The van der Waals surface area contributed by atoms with Crippen molar-refractivity contribution in [2.75, 3.05) is 5.73 Å². The number of hydrogen-bond donors (Lipinski definition) is 2. The summed E-state index contributed by atoms with van der Waals surface area (Å²) in [5.74, 6) is 0. The van der Waals surface area contributed by atoms with Gasteiger partial charge in [0.15, 0.2) is 0 Å². The third-order valence-corrected chi connectivity index (χ3v) is 3.46. The first kappa shape index (κ1) is 14.5. The molecule has 0 spiro atoms. The largest absolute Gasteiger partial charge is 0.399 e. The summed E-state index contributed by atoms with van der Waals surface area (Å²) < 4.78 is 1.73. The Morgan fingerprint density at radius 2 is 1.90 bits per heavy atom. The molecule has 0 aliphatic carbocycles. The maximum atomic E-state index is 10.6. The van der Waals surface area contributed by atoms with Crippen LogP contribution in [0.3, 0.4) is 0 Å². The number of benzene rings is 1. The molecule has 1 aromatic carbocycles. The Morgan fingerprint density at radius 3 is 2.40 bits per heavy atom. The van der Waals surface area contributed by atoms with Crippen LogP contribution in [0.5, 0.6) is 0 Å². The van der Waals surface area contributed by atoms with Crippen LogP contribution in [0.15, 0.2) is 36.7 Å². The van der Waals surface area contributed by atoms with Crippen LogP contribution in [0.2, 0.25) is 0 Å². The van der Waals surface area contributed by atoms with E-state index in [-0.39, 0.29) is 11.5 Å². The molecule has 0 saturated heterocycles. The molecule has 0 aliphatic rings. The summed E-state index contributed by atoms with van der Waals surface area (Å²) in [7, 11) is 0. The van der Waals surface area contributed by atoms with Gasteiger partial charge in [0.2, 0.25) is 0 Å². The lowest BCUT2D eigenvalue weighted by atomic mass is 9.82. The van der Waals surface area contributed by atoms with E-state index in [4.69, 9.17) is 5.73 Å². The summed E-state index contributed by atoms with van der Waals surface area (Å²) in [4.78, 5) is 0. The van der Waals surface area contributed by atoms with E-state index in [9.17, 15) is 5.11 Å². The van der Waals surface area contributed by atoms with Gasteiger partial charge >= 0.3 is 0 Å². The summed E-state index contributed by atoms with van der Waals surface area (Å²) in [6, 6.07) is 7.55. The first-order valence-corrected chi connectivity index (χ1v) is 6.76. The lowest BCUT2D eigenvalue weighted by Crippen LogP contribution is -2.37. The fourth-order valence-corrected chi connectivity index (χ4v) is 2.22. The van der Waals surface area contributed by atoms with E-state index in [0.717, 1.165) is 11.3 Å². The maximum absolute atomic E-state index is 10.6. The van der Waals surface area contributed by atoms with Gasteiger partial charge in [0, 0.05) is 11.9 Å². The Morgan fingerprint density at radius 1 is 1.25 bits per heavy atom. The molecule has 108 valence electrons. The van der Waals surface area contributed by atoms with Crippen LogP contribution in [-0.2, 0) is 6.42 Å². The van der Waals surface area contributed by atoms with E-state index in [1.54, 1.807) is 17.1 Å². The highest BCUT2D eigenvalue weighted by Gasteiger charge is 2.32. The summed E-state index contributed by atoms with van der Waals surface area (Å²) in [5, 5.41) is 18.5. The zero-order valence-corrected chi connectivity index (χ0v) is 12.2. The lowest BCUT2D eigenvalue weighted by molar-refractivity contribution is 0.0119. The molecule has 2 rings (SSSR count). The number of rotatable bonds is 4. The SMILES string of the molecule is CC(C)(C)C(O)C(Cc1ccc(N)cc1)n1ccnn1. The van der Waals surface area contributed by atoms with E-state index in [2.05, 4.69) is 10.3 Å². The quantitative estimate of drug-likeness (QED) is 0.837. The molecule has 1 aromatic heterocycles. The molecule has 3 N–H and O–H groups in total. The molecule has 1 heterocycles. The van der Waals surface area contributed by atoms with Gasteiger partial charge in [-0.2, -0.15) is 0 Å². The Labute approximate surface area is 119 Å². The summed E-state index contributed by atoms with van der Waals surface area (Å²) in [5.41, 5.74) is 7.32. The second-order valence-electron chi connectivity index (χ2n) is 6.21. The minimum atomic E-state index is -0.526. The van der Waals surface area contributed by atoms with Crippen molar-refractivity contribution in [3.63, 3.8) is 0 Å². The predicted molar refractivity (Wildman–Crippen MR) is 79.1 cm³/mol. The third-order valence-electron chi connectivity index (χ3n) is 3.46. The minimum absolute atomic E-state index is 0.152. The van der Waals surface area contributed by atoms with E-state index in [1.807, 2.05) is 45.0 Å². The van der Waals surface area contributed by atoms with Crippen molar-refractivity contribution >= 4 is 5.69 Å². The van der Waals surface area contributed by atoms with Gasteiger partial charge in [-0.05, 0) is 29.5 Å². The fraction of sp³-hybridized carbons (Fsp3) is 0.467. The van der Waals surface area contributed by atoms with Gasteiger partial charge in [0.1, 0.15) is 0 Å². The highest BCUT2D eigenvalue weighted by Crippen LogP contribution is 2.30. The average Bonchev–Trinajstić information content (AvgIpc) is 2.90. The molecule has 2 aromatic rings. The Hall–Kier alpha value is -1.88. The molecule has 20 heavy (non-hydrogen) atoms. The van der Waals surface area contributed by atoms with Crippen molar-refractivity contribution in [3.05, 3.63) is 42.2 Å². The predicted octanol–water partition coefficient (Wildman–Crippen LogP) is 2.05. The van der Waals surface area contributed by atoms with Crippen LogP contribution < -0.4 is 5.73 Å². The number of nitrogens with zero attached hydrogens (tertiary/aromatic N) is 3. The van der Waals surface area contributed by atoms with Gasteiger partial charge in [-0.25, -0.2) is 4.68 Å². The zero-order chi connectivity index (χ0) is 14.8. The van der Waals surface area contributed by atoms with Gasteiger partial charge in [-0.3, -0.25) is 0 Å². The number of hydrogen-bond acceptors (Lipinski definition) is 4. The smallest absolute Gasteiger partial charge is 0.0841 e. The minimum Gasteiger partial charge on any atom is -0.399 e. The number of anilines is 1. The zero-order valence-electron chi connectivity index (χ0n) is 12.2. The van der Waals surface area contributed by atoms with Crippen LogP contribution in [0, 0.1) is 5.41 Å². The molecular weight excluding hydrogens is 252 g/mol. The molecule has 0 fully saturated rings. The van der Waals surface area contributed by atoms with Crippen molar-refractivity contribution in [2.45, 2.75) is 39.3 Å². The molecule has 0 saturated carbocycles. The van der Waals surface area contributed by atoms with Crippen molar-refractivity contribution in [1.82, 2.24) is 15.0 Å². The van der Waals surface area contributed by atoms with E-state index in [1.165, 1.54) is 0 Å². The molecule has 5 heteroatoms. The molecule has 2 atom stereocenters. The monoisotopic (exact) mass is 274 g/mol. The Bertz CT molecular complexity index is 528. The normalized spacial score (nSPS) is 15.0. The van der Waals surface area contributed by atoms with Crippen LogP contribution in [0.25, 0.3) is 0 Å². The van der Waals surface area contributed by atoms with Crippen LogP contribution in [-0.4, -0.2) is 26.2 Å². The first-order valence-electron chi connectivity index (χ1n) is 6.76. The Kier molecular flexibility index (Phi) is 4.09. The maximum Gasteiger partial charge on any atom is 0.0841 e. The first-order chi connectivity index (χ1) is 9.38. The standard InChI is InChI=1S/C15H22N4O/c1-15(2,3)14(20)13(19-9-8-17-18-19)10-11-4-6-12(16)7-5-11/h4-9,13-14,20H,10,16H2,1-3H3. The molecule has 0 bridgehead atoms. The van der Waals surface area contributed by atoms with Crippen LogP contribution >= 0.6 is 0 Å². The van der Waals surface area contributed by atoms with Gasteiger partial charge in [-0.15, -0.1) is 5.10 Å². The third kappa shape index (κ3) is 3.36. The Balaban J connectivity index is 2.26. The number of aromatic nitrogens is 3. The number of nitrogen functional groups attached to an aromatic ring is 1. The van der Waals surface area contributed by atoms with Crippen molar-refractivity contribution in [1.29, 1.82) is 0 Å². The lowest BCUT2D eigenvalue weighted by Gasteiger charge is -2.33.